The van der Waals surface area contributed by atoms with Crippen molar-refractivity contribution in [2.75, 3.05) is 13.7 Å². The first-order valence-electron chi connectivity index (χ1n) is 8.79. The molecule has 0 bridgehead atoms. The minimum Gasteiger partial charge on any atom is -0.497 e. The molecule has 1 unspecified atom stereocenters. The molecule has 146 valence electrons. The molecule has 7 nitrogen and oxygen atoms in total. The highest BCUT2D eigenvalue weighted by atomic mass is 19.1. The molecule has 29 heavy (non-hydrogen) atoms. The number of methoxy groups -OCH3 is 1. The maximum absolute atomic E-state index is 13.1. The minimum absolute atomic E-state index is 0.130. The summed E-state index contributed by atoms with van der Waals surface area (Å²) in [5.41, 5.74) is 0.145. The minimum atomic E-state index is -1.60. The fraction of sp³-hybridized carbons (Fsp3) is 0.190. The van der Waals surface area contributed by atoms with Gasteiger partial charge in [-0.15, -0.1) is 0 Å². The third-order valence-corrected chi connectivity index (χ3v) is 4.83. The summed E-state index contributed by atoms with van der Waals surface area (Å²) in [7, 11) is 1.51. The second-order valence-corrected chi connectivity index (χ2v) is 6.75. The molecule has 1 saturated heterocycles. The van der Waals surface area contributed by atoms with Crippen LogP contribution in [-0.4, -0.2) is 41.9 Å². The van der Waals surface area contributed by atoms with Gasteiger partial charge < -0.3 is 15.0 Å². The van der Waals surface area contributed by atoms with Crippen molar-refractivity contribution in [3.05, 3.63) is 65.0 Å². The summed E-state index contributed by atoms with van der Waals surface area (Å²) in [6, 6.07) is 9.92. The Morgan fingerprint density at radius 1 is 1.17 bits per heavy atom. The van der Waals surface area contributed by atoms with Gasteiger partial charge in [0.05, 0.1) is 13.7 Å². The maximum atomic E-state index is 13.1. The summed E-state index contributed by atoms with van der Waals surface area (Å²) in [5.74, 6) is 4.78. The summed E-state index contributed by atoms with van der Waals surface area (Å²) in [5, 5.41) is 4.70. The summed E-state index contributed by atoms with van der Waals surface area (Å²) in [4.78, 5) is 38.6. The monoisotopic (exact) mass is 393 g/mol. The Kier molecular flexibility index (Phi) is 4.43. The summed E-state index contributed by atoms with van der Waals surface area (Å²) in [6.45, 7) is 0.149. The quantitative estimate of drug-likeness (QED) is 0.610. The number of hydrogen-bond donors (Lipinski definition) is 2. The third kappa shape index (κ3) is 3.38. The zero-order chi connectivity index (χ0) is 20.6. The van der Waals surface area contributed by atoms with E-state index in [1.807, 2.05) is 0 Å². The normalized spacial score (nSPS) is 19.9. The van der Waals surface area contributed by atoms with Crippen LogP contribution in [0.3, 0.4) is 0 Å². The second-order valence-electron chi connectivity index (χ2n) is 6.75. The summed E-state index contributed by atoms with van der Waals surface area (Å²) < 4.78 is 18.3. The SMILES string of the molecule is COc1ccc2c(c1)C(=O)N(CC1(C#Cc3ccc(F)cc3)NC(=O)NC1=O)C2. The smallest absolute Gasteiger partial charge is 0.323 e. The van der Waals surface area contributed by atoms with Crippen LogP contribution < -0.4 is 15.4 Å². The fourth-order valence-corrected chi connectivity index (χ4v) is 3.32. The van der Waals surface area contributed by atoms with E-state index in [-0.39, 0.29) is 19.0 Å². The molecule has 0 aromatic heterocycles. The lowest BCUT2D eigenvalue weighted by Crippen LogP contribution is -2.54. The lowest BCUT2D eigenvalue weighted by atomic mass is 9.99. The van der Waals surface area contributed by atoms with Crippen molar-refractivity contribution < 1.29 is 23.5 Å². The highest BCUT2D eigenvalue weighted by molar-refractivity contribution is 6.10. The van der Waals surface area contributed by atoms with Crippen molar-refractivity contribution in [2.24, 2.45) is 0 Å². The van der Waals surface area contributed by atoms with E-state index in [4.69, 9.17) is 4.74 Å². The van der Waals surface area contributed by atoms with E-state index in [9.17, 15) is 18.8 Å². The van der Waals surface area contributed by atoms with Gasteiger partial charge in [0.1, 0.15) is 11.6 Å². The number of fused-ring (bicyclic) bond motifs is 1. The molecule has 4 rings (SSSR count). The second kappa shape index (κ2) is 6.95. The highest BCUT2D eigenvalue weighted by Gasteiger charge is 2.48. The van der Waals surface area contributed by atoms with Crippen LogP contribution >= 0.6 is 0 Å². The average Bonchev–Trinajstić information content (AvgIpc) is 3.16. The van der Waals surface area contributed by atoms with Gasteiger partial charge in [0.25, 0.3) is 11.8 Å². The zero-order valence-electron chi connectivity index (χ0n) is 15.4. The van der Waals surface area contributed by atoms with E-state index >= 15 is 0 Å². The number of amides is 4. The van der Waals surface area contributed by atoms with E-state index in [1.54, 1.807) is 18.2 Å². The van der Waals surface area contributed by atoms with Crippen LogP contribution in [0.2, 0.25) is 0 Å². The lowest BCUT2D eigenvalue weighted by Gasteiger charge is -2.26. The van der Waals surface area contributed by atoms with Crippen molar-refractivity contribution >= 4 is 17.8 Å². The topological polar surface area (TPSA) is 87.7 Å². The lowest BCUT2D eigenvalue weighted by molar-refractivity contribution is -0.122. The first-order valence-corrected chi connectivity index (χ1v) is 8.79. The Labute approximate surface area is 165 Å². The molecular weight excluding hydrogens is 377 g/mol. The van der Waals surface area contributed by atoms with Crippen molar-refractivity contribution in [1.82, 2.24) is 15.5 Å². The molecule has 4 amide bonds. The molecule has 0 saturated carbocycles. The molecule has 2 aliphatic rings. The van der Waals surface area contributed by atoms with Crippen LogP contribution in [0.4, 0.5) is 9.18 Å². The number of nitrogens with one attached hydrogen (secondary N) is 2. The Balaban J connectivity index is 1.64. The number of nitrogens with zero attached hydrogens (tertiary/aromatic N) is 1. The largest absolute Gasteiger partial charge is 0.497 e. The number of rotatable bonds is 3. The van der Waals surface area contributed by atoms with Crippen molar-refractivity contribution in [3.8, 4) is 17.6 Å². The van der Waals surface area contributed by atoms with Gasteiger partial charge in [-0.1, -0.05) is 17.9 Å². The van der Waals surface area contributed by atoms with E-state index in [1.165, 1.54) is 36.3 Å². The number of halogens is 1. The van der Waals surface area contributed by atoms with E-state index < -0.39 is 23.3 Å². The van der Waals surface area contributed by atoms with Crippen LogP contribution in [0.25, 0.3) is 0 Å². The molecule has 2 N–H and O–H groups in total. The van der Waals surface area contributed by atoms with Crippen LogP contribution in [0.5, 0.6) is 5.75 Å². The number of carbonyl (C=O) groups is 3. The molecule has 2 aromatic rings. The van der Waals surface area contributed by atoms with Gasteiger partial charge in [0, 0.05) is 17.7 Å². The zero-order valence-corrected chi connectivity index (χ0v) is 15.4. The average molecular weight is 393 g/mol. The highest BCUT2D eigenvalue weighted by Crippen LogP contribution is 2.28. The first-order chi connectivity index (χ1) is 13.9. The van der Waals surface area contributed by atoms with Crippen LogP contribution in [0.1, 0.15) is 21.5 Å². The van der Waals surface area contributed by atoms with Gasteiger partial charge in [-0.25, -0.2) is 9.18 Å². The number of carbonyl (C=O) groups excluding carboxylic acids is 3. The predicted octanol–water partition coefficient (Wildman–Crippen LogP) is 1.42. The molecule has 2 aromatic carbocycles. The standard InChI is InChI=1S/C21H16FN3O4/c1-29-16-7-4-14-11-25(18(26)17(14)10-16)12-21(19(27)23-20(28)24-21)9-8-13-2-5-15(22)6-3-13/h2-7,10H,11-12H2,1H3,(H2,23,24,27,28). The molecule has 1 fully saturated rings. The van der Waals surface area contributed by atoms with Gasteiger partial charge in [-0.3, -0.25) is 14.9 Å². The van der Waals surface area contributed by atoms with E-state index in [0.717, 1.165) is 5.56 Å². The number of urea groups is 1. The van der Waals surface area contributed by atoms with Gasteiger partial charge in [0.15, 0.2) is 0 Å². The predicted molar refractivity (Wildman–Crippen MR) is 100 cm³/mol. The summed E-state index contributed by atoms with van der Waals surface area (Å²) >= 11 is 0. The molecule has 8 heteroatoms. The molecular formula is C21H16FN3O4. The first kappa shape index (κ1) is 18.5. The van der Waals surface area contributed by atoms with Gasteiger partial charge >= 0.3 is 6.03 Å². The molecule has 2 aliphatic heterocycles. The Hall–Kier alpha value is -3.86. The molecule has 2 heterocycles. The van der Waals surface area contributed by atoms with Gasteiger partial charge in [0.2, 0.25) is 5.54 Å². The fourth-order valence-electron chi connectivity index (χ4n) is 3.32. The molecule has 0 radical (unpaired) electrons. The Bertz CT molecular complexity index is 1090. The number of imide groups is 1. The van der Waals surface area contributed by atoms with Crippen LogP contribution in [-0.2, 0) is 11.3 Å². The van der Waals surface area contributed by atoms with Crippen LogP contribution in [0.15, 0.2) is 42.5 Å². The van der Waals surface area contributed by atoms with Crippen LogP contribution in [0, 0.1) is 17.7 Å². The molecule has 1 atom stereocenters. The number of hydrogen-bond acceptors (Lipinski definition) is 4. The van der Waals surface area contributed by atoms with Crippen molar-refractivity contribution in [3.63, 3.8) is 0 Å². The van der Waals surface area contributed by atoms with E-state index in [2.05, 4.69) is 22.5 Å². The van der Waals surface area contributed by atoms with E-state index in [0.29, 0.717) is 16.9 Å². The van der Waals surface area contributed by atoms with Gasteiger partial charge in [-0.05, 0) is 42.0 Å². The molecule has 0 aliphatic carbocycles. The number of ether oxygens (including phenoxy) is 1. The van der Waals surface area contributed by atoms with Crippen molar-refractivity contribution in [2.45, 2.75) is 12.1 Å². The van der Waals surface area contributed by atoms with Gasteiger partial charge in [-0.2, -0.15) is 0 Å². The molecule has 0 spiro atoms. The third-order valence-electron chi connectivity index (χ3n) is 4.83. The number of benzene rings is 2. The summed E-state index contributed by atoms with van der Waals surface area (Å²) in [6.07, 6.45) is 0. The maximum Gasteiger partial charge on any atom is 0.323 e. The Morgan fingerprint density at radius 2 is 1.93 bits per heavy atom. The van der Waals surface area contributed by atoms with Crippen molar-refractivity contribution in [1.29, 1.82) is 0 Å². The Morgan fingerprint density at radius 3 is 2.59 bits per heavy atom.